The smallest absolute Gasteiger partial charge is 0.220 e. The summed E-state index contributed by atoms with van der Waals surface area (Å²) in [6.07, 6.45) is 0. The zero-order valence-corrected chi connectivity index (χ0v) is 41.7. The standard InChI is InChI=1S/C68H34N4O2S2/c1-70-66-64(37-26-28-58-47(30-37)41-16-4-10-22-56(41)73-58)51(36-69)67(71-52-20-8-2-14-39(52)45-32-49-43-18-6-12-24-60(43)75-62(49)34-54(45)71)65(38-27-29-59-48(31-38)42-17-5-11-23-57(42)74-59)68(66)72-53-21-9-3-15-40(53)46-33-50-44-19-7-13-25-61(44)76-63(50)35-55(46)72/h2-35H. The number of hydrogen-bond acceptors (Lipinski definition) is 5. The summed E-state index contributed by atoms with van der Waals surface area (Å²) < 4.78 is 22.3. The molecule has 0 saturated carbocycles. The van der Waals surface area contributed by atoms with Gasteiger partial charge in [-0.2, -0.15) is 5.26 Å². The lowest BCUT2D eigenvalue weighted by atomic mass is 9.88. The highest BCUT2D eigenvalue weighted by molar-refractivity contribution is 7.26. The number of thiophene rings is 2. The summed E-state index contributed by atoms with van der Waals surface area (Å²) in [6, 6.07) is 75.2. The molecular formula is C68H34N4O2S2. The third-order valence-electron chi connectivity index (χ3n) is 15.8. The molecule has 11 aromatic carbocycles. The first-order chi connectivity index (χ1) is 37.6. The van der Waals surface area contributed by atoms with Gasteiger partial charge in [0.05, 0.1) is 45.6 Å². The molecule has 17 rings (SSSR count). The minimum absolute atomic E-state index is 0.367. The lowest BCUT2D eigenvalue weighted by molar-refractivity contribution is 0.668. The first-order valence-electron chi connectivity index (χ1n) is 25.1. The maximum Gasteiger partial charge on any atom is 0.220 e. The second-order valence-corrected chi connectivity index (χ2v) is 21.8. The van der Waals surface area contributed by atoms with E-state index in [4.69, 9.17) is 8.83 Å². The van der Waals surface area contributed by atoms with Crippen LogP contribution in [-0.4, -0.2) is 9.13 Å². The molecule has 0 atom stereocenters. The van der Waals surface area contributed by atoms with Gasteiger partial charge in [0, 0.05) is 94.6 Å². The largest absolute Gasteiger partial charge is 0.456 e. The highest BCUT2D eigenvalue weighted by Crippen LogP contribution is 2.54. The molecule has 6 nitrogen and oxygen atoms in total. The average Bonchev–Trinajstić information content (AvgIpc) is 4.45. The number of para-hydroxylation sites is 4. The van der Waals surface area contributed by atoms with Gasteiger partial charge >= 0.3 is 0 Å². The third-order valence-corrected chi connectivity index (χ3v) is 18.0. The predicted octanol–water partition coefficient (Wildman–Crippen LogP) is 20.2. The Hall–Kier alpha value is -9.96. The molecule has 350 valence electrons. The van der Waals surface area contributed by atoms with Gasteiger partial charge in [0.2, 0.25) is 5.69 Å². The molecular weight excluding hydrogens is 969 g/mol. The Bertz CT molecular complexity index is 5300. The summed E-state index contributed by atoms with van der Waals surface area (Å²) >= 11 is 3.56. The molecule has 0 unspecified atom stereocenters. The van der Waals surface area contributed by atoms with Crippen molar-refractivity contribution in [2.24, 2.45) is 0 Å². The first-order valence-corrected chi connectivity index (χ1v) is 26.8. The minimum atomic E-state index is 0.367. The summed E-state index contributed by atoms with van der Waals surface area (Å²) in [7, 11) is 0. The van der Waals surface area contributed by atoms with Gasteiger partial charge in [-0.25, -0.2) is 4.85 Å². The molecule has 6 aromatic heterocycles. The van der Waals surface area contributed by atoms with Crippen molar-refractivity contribution >= 4 is 156 Å². The highest BCUT2D eigenvalue weighted by Gasteiger charge is 2.33. The van der Waals surface area contributed by atoms with Crippen molar-refractivity contribution in [1.29, 1.82) is 5.26 Å². The average molecular weight is 1000 g/mol. The van der Waals surface area contributed by atoms with Crippen LogP contribution in [0.2, 0.25) is 0 Å². The van der Waals surface area contributed by atoms with Crippen molar-refractivity contribution in [3.8, 4) is 39.7 Å². The normalized spacial score (nSPS) is 12.2. The first kappa shape index (κ1) is 41.5. The van der Waals surface area contributed by atoms with Gasteiger partial charge in [-0.1, -0.05) is 121 Å². The monoisotopic (exact) mass is 1000 g/mol. The van der Waals surface area contributed by atoms with Gasteiger partial charge in [-0.15, -0.1) is 22.7 Å². The van der Waals surface area contributed by atoms with Crippen LogP contribution in [0.25, 0.3) is 166 Å². The molecule has 0 bridgehead atoms. The summed E-state index contributed by atoms with van der Waals surface area (Å²) in [4.78, 5) is 4.68. The fraction of sp³-hybridized carbons (Fsp3) is 0. The van der Waals surface area contributed by atoms with Crippen LogP contribution in [0.5, 0.6) is 0 Å². The van der Waals surface area contributed by atoms with Crippen LogP contribution in [0.4, 0.5) is 5.69 Å². The SMILES string of the molecule is [C-]#[N+]c1c(-c2ccc3oc4ccccc4c3c2)c(C#N)c(-n2c3ccccc3c3cc4c(cc32)sc2ccccc24)c(-c2ccc3oc4ccccc4c3c2)c1-n1c2ccccc2c2cc3c(cc21)sc1ccccc13. The van der Waals surface area contributed by atoms with E-state index in [0.29, 0.717) is 28.2 Å². The molecule has 0 spiro atoms. The fourth-order valence-electron chi connectivity index (χ4n) is 12.5. The number of nitriles is 1. The minimum Gasteiger partial charge on any atom is -0.456 e. The molecule has 8 heteroatoms. The zero-order valence-electron chi connectivity index (χ0n) is 40.1. The Balaban J connectivity index is 1.13. The zero-order chi connectivity index (χ0) is 49.9. The molecule has 76 heavy (non-hydrogen) atoms. The van der Waals surface area contributed by atoms with Crippen LogP contribution in [-0.2, 0) is 0 Å². The van der Waals surface area contributed by atoms with E-state index in [2.05, 4.69) is 172 Å². The number of furan rings is 2. The van der Waals surface area contributed by atoms with Gasteiger partial charge in [-0.05, 0) is 96.1 Å². The van der Waals surface area contributed by atoms with E-state index in [0.717, 1.165) is 114 Å². The maximum absolute atomic E-state index is 12.3. The Labute approximate surface area is 439 Å². The van der Waals surface area contributed by atoms with Gasteiger partial charge < -0.3 is 18.0 Å². The Morgan fingerprint density at radius 1 is 0.368 bits per heavy atom. The molecule has 0 amide bonds. The predicted molar refractivity (Wildman–Crippen MR) is 317 cm³/mol. The van der Waals surface area contributed by atoms with E-state index in [1.165, 1.54) is 30.9 Å². The number of benzene rings is 11. The fourth-order valence-corrected chi connectivity index (χ4v) is 14.8. The Morgan fingerprint density at radius 3 is 1.32 bits per heavy atom. The van der Waals surface area contributed by atoms with Crippen LogP contribution in [0.15, 0.2) is 215 Å². The molecule has 0 radical (unpaired) electrons. The molecule has 0 aliphatic rings. The van der Waals surface area contributed by atoms with E-state index in [-0.39, 0.29) is 0 Å². The molecule has 0 saturated heterocycles. The molecule has 6 heterocycles. The quantitative estimate of drug-likeness (QED) is 0.165. The molecule has 0 fully saturated rings. The van der Waals surface area contributed by atoms with Crippen LogP contribution >= 0.6 is 22.7 Å². The summed E-state index contributed by atoms with van der Waals surface area (Å²) in [5, 5.41) is 25.2. The topological polar surface area (TPSA) is 64.3 Å². The molecule has 0 N–H and O–H groups in total. The van der Waals surface area contributed by atoms with Gasteiger partial charge in [0.15, 0.2) is 0 Å². The lowest BCUT2D eigenvalue weighted by Gasteiger charge is -2.26. The van der Waals surface area contributed by atoms with Crippen LogP contribution in [0, 0.1) is 17.9 Å². The van der Waals surface area contributed by atoms with E-state index in [1.54, 1.807) is 22.7 Å². The maximum atomic E-state index is 12.3. The van der Waals surface area contributed by atoms with E-state index >= 15 is 0 Å². The summed E-state index contributed by atoms with van der Waals surface area (Å²) in [6.45, 7) is 9.62. The van der Waals surface area contributed by atoms with Crippen molar-refractivity contribution in [1.82, 2.24) is 9.13 Å². The summed E-state index contributed by atoms with van der Waals surface area (Å²) in [5.41, 5.74) is 11.9. The second-order valence-electron chi connectivity index (χ2n) is 19.6. The molecule has 0 aliphatic heterocycles. The molecule has 17 aromatic rings. The lowest BCUT2D eigenvalue weighted by Crippen LogP contribution is -2.08. The van der Waals surface area contributed by atoms with Gasteiger partial charge in [0.1, 0.15) is 28.4 Å². The van der Waals surface area contributed by atoms with Crippen LogP contribution < -0.4 is 0 Å². The highest BCUT2D eigenvalue weighted by atomic mass is 32.1. The van der Waals surface area contributed by atoms with Crippen molar-refractivity contribution in [3.63, 3.8) is 0 Å². The van der Waals surface area contributed by atoms with Crippen molar-refractivity contribution in [2.75, 3.05) is 0 Å². The van der Waals surface area contributed by atoms with Gasteiger partial charge in [-0.3, -0.25) is 0 Å². The summed E-state index contributed by atoms with van der Waals surface area (Å²) in [5.74, 6) is 0. The van der Waals surface area contributed by atoms with E-state index in [1.807, 2.05) is 54.6 Å². The second kappa shape index (κ2) is 15.3. The third kappa shape index (κ3) is 5.56. The Kier molecular flexibility index (Phi) is 8.36. The number of rotatable bonds is 4. The van der Waals surface area contributed by atoms with Crippen LogP contribution in [0.1, 0.15) is 5.56 Å². The Morgan fingerprint density at radius 2 is 0.803 bits per heavy atom. The van der Waals surface area contributed by atoms with Crippen molar-refractivity contribution in [3.05, 3.63) is 223 Å². The number of fused-ring (bicyclic) bond motifs is 18. The van der Waals surface area contributed by atoms with Crippen LogP contribution in [0.3, 0.4) is 0 Å². The van der Waals surface area contributed by atoms with Crippen molar-refractivity contribution < 1.29 is 8.83 Å². The molecule has 0 aliphatic carbocycles. The number of hydrogen-bond donors (Lipinski definition) is 0. The number of aromatic nitrogens is 2. The van der Waals surface area contributed by atoms with Crippen molar-refractivity contribution in [2.45, 2.75) is 0 Å². The van der Waals surface area contributed by atoms with E-state index in [9.17, 15) is 11.8 Å². The number of nitrogens with zero attached hydrogens (tertiary/aromatic N) is 4. The van der Waals surface area contributed by atoms with E-state index < -0.39 is 0 Å². The van der Waals surface area contributed by atoms with Gasteiger partial charge in [0.25, 0.3) is 0 Å².